The molecule has 0 aliphatic heterocycles. The molecule has 2 aromatic rings. The molecule has 5 heteroatoms. The summed E-state index contributed by atoms with van der Waals surface area (Å²) in [5.74, 6) is -0.807. The third-order valence-electron chi connectivity index (χ3n) is 3.01. The Morgan fingerprint density at radius 3 is 2.89 bits per heavy atom. The molecule has 1 aromatic carbocycles. The molecule has 1 N–H and O–H groups in total. The van der Waals surface area contributed by atoms with Gasteiger partial charge in [-0.25, -0.2) is 9.37 Å². The van der Waals surface area contributed by atoms with Crippen molar-refractivity contribution in [1.29, 1.82) is 5.26 Å². The Balaban J connectivity index is 2.36. The first-order chi connectivity index (χ1) is 9.26. The fraction of sp³-hybridized carbons (Fsp3) is 0.286. The number of hydrogen-bond acceptors (Lipinski definition) is 4. The highest BCUT2D eigenvalue weighted by Gasteiger charge is 2.27. The standard InChI is InChI=1S/C14H13FN2O2/c15-11-3-1-2-10(6-11)13(7-16)12(4-5-18)14-8-17-9-19-14/h1-3,6,8-9,12-13,18H,4-5H2/t12-,13+/m1/s1. The van der Waals surface area contributed by atoms with E-state index < -0.39 is 11.7 Å². The van der Waals surface area contributed by atoms with Gasteiger partial charge in [-0.3, -0.25) is 0 Å². The Kier molecular flexibility index (Phi) is 4.26. The minimum atomic E-state index is -0.587. The predicted octanol–water partition coefficient (Wildman–Crippen LogP) is 2.59. The highest BCUT2D eigenvalue weighted by Crippen LogP contribution is 2.35. The largest absolute Gasteiger partial charge is 0.448 e. The van der Waals surface area contributed by atoms with E-state index in [0.717, 1.165) is 0 Å². The molecule has 0 saturated carbocycles. The fourth-order valence-corrected chi connectivity index (χ4v) is 2.12. The summed E-state index contributed by atoms with van der Waals surface area (Å²) in [4.78, 5) is 3.82. The Hall–Kier alpha value is -2.19. The SMILES string of the molecule is N#C[C@@H](c1cccc(F)c1)[C@@H](CCO)c1cnco1. The topological polar surface area (TPSA) is 70.0 Å². The summed E-state index contributed by atoms with van der Waals surface area (Å²) < 4.78 is 18.5. The number of aliphatic hydroxyl groups is 1. The van der Waals surface area contributed by atoms with Gasteiger partial charge >= 0.3 is 0 Å². The van der Waals surface area contributed by atoms with Crippen LogP contribution in [0.2, 0.25) is 0 Å². The van der Waals surface area contributed by atoms with Gasteiger partial charge in [-0.1, -0.05) is 12.1 Å². The molecule has 1 heterocycles. The van der Waals surface area contributed by atoms with Crippen molar-refractivity contribution in [3.63, 3.8) is 0 Å². The summed E-state index contributed by atoms with van der Waals surface area (Å²) >= 11 is 0. The summed E-state index contributed by atoms with van der Waals surface area (Å²) in [7, 11) is 0. The molecule has 98 valence electrons. The molecule has 19 heavy (non-hydrogen) atoms. The fourth-order valence-electron chi connectivity index (χ4n) is 2.12. The third kappa shape index (κ3) is 2.98. The quantitative estimate of drug-likeness (QED) is 0.897. The number of benzene rings is 1. The zero-order valence-electron chi connectivity index (χ0n) is 10.2. The van der Waals surface area contributed by atoms with E-state index in [1.807, 2.05) is 0 Å². The van der Waals surface area contributed by atoms with Crippen molar-refractivity contribution >= 4 is 0 Å². The van der Waals surface area contributed by atoms with Crippen LogP contribution < -0.4 is 0 Å². The van der Waals surface area contributed by atoms with Crippen LogP contribution in [-0.2, 0) is 0 Å². The van der Waals surface area contributed by atoms with Gasteiger partial charge in [0.25, 0.3) is 0 Å². The first-order valence-electron chi connectivity index (χ1n) is 5.90. The van der Waals surface area contributed by atoms with Gasteiger partial charge in [-0.05, 0) is 24.1 Å². The van der Waals surface area contributed by atoms with Gasteiger partial charge in [0.05, 0.1) is 18.2 Å². The minimum absolute atomic E-state index is 0.0845. The smallest absolute Gasteiger partial charge is 0.180 e. The Morgan fingerprint density at radius 1 is 1.47 bits per heavy atom. The molecular weight excluding hydrogens is 247 g/mol. The lowest BCUT2D eigenvalue weighted by Gasteiger charge is -2.19. The first-order valence-corrected chi connectivity index (χ1v) is 5.90. The van der Waals surface area contributed by atoms with Crippen LogP contribution in [0.5, 0.6) is 0 Å². The molecule has 1 aromatic heterocycles. The van der Waals surface area contributed by atoms with Gasteiger partial charge in [-0.2, -0.15) is 5.26 Å². The molecule has 0 fully saturated rings. The van der Waals surface area contributed by atoms with Crippen LogP contribution in [0.1, 0.15) is 29.6 Å². The van der Waals surface area contributed by atoms with E-state index in [-0.39, 0.29) is 12.5 Å². The summed E-state index contributed by atoms with van der Waals surface area (Å²) in [5.41, 5.74) is 0.567. The van der Waals surface area contributed by atoms with Crippen molar-refractivity contribution in [2.45, 2.75) is 18.3 Å². The van der Waals surface area contributed by atoms with E-state index in [1.54, 1.807) is 12.1 Å². The van der Waals surface area contributed by atoms with Crippen LogP contribution in [0, 0.1) is 17.1 Å². The molecule has 2 rings (SSSR count). The van der Waals surface area contributed by atoms with Gasteiger partial charge in [0.15, 0.2) is 6.39 Å². The first kappa shape index (κ1) is 13.2. The third-order valence-corrected chi connectivity index (χ3v) is 3.01. The van der Waals surface area contributed by atoms with Crippen molar-refractivity contribution in [2.24, 2.45) is 0 Å². The summed E-state index contributed by atoms with van der Waals surface area (Å²) in [6.07, 6.45) is 3.15. The highest BCUT2D eigenvalue weighted by atomic mass is 19.1. The molecule has 0 unspecified atom stereocenters. The zero-order chi connectivity index (χ0) is 13.7. The monoisotopic (exact) mass is 260 g/mol. The lowest BCUT2D eigenvalue weighted by molar-refractivity contribution is 0.262. The second kappa shape index (κ2) is 6.12. The molecule has 0 amide bonds. The molecule has 0 radical (unpaired) electrons. The number of nitrogens with zero attached hydrogens (tertiary/aromatic N) is 2. The van der Waals surface area contributed by atoms with Crippen LogP contribution in [-0.4, -0.2) is 16.7 Å². The molecule has 4 nitrogen and oxygen atoms in total. The summed E-state index contributed by atoms with van der Waals surface area (Å²) in [5, 5.41) is 18.5. The zero-order valence-corrected chi connectivity index (χ0v) is 10.2. The van der Waals surface area contributed by atoms with Crippen LogP contribution in [0.3, 0.4) is 0 Å². The maximum atomic E-state index is 13.3. The van der Waals surface area contributed by atoms with Crippen LogP contribution in [0.4, 0.5) is 4.39 Å². The minimum Gasteiger partial charge on any atom is -0.448 e. The normalized spacial score (nSPS) is 13.7. The number of oxazole rings is 1. The highest BCUT2D eigenvalue weighted by molar-refractivity contribution is 5.30. The van der Waals surface area contributed by atoms with Crippen molar-refractivity contribution in [2.75, 3.05) is 6.61 Å². The Morgan fingerprint density at radius 2 is 2.32 bits per heavy atom. The molecular formula is C14H13FN2O2. The van der Waals surface area contributed by atoms with Gasteiger partial charge in [0, 0.05) is 12.5 Å². The Labute approximate surface area is 110 Å². The predicted molar refractivity (Wildman–Crippen MR) is 65.7 cm³/mol. The second-order valence-corrected chi connectivity index (χ2v) is 4.18. The molecule has 0 aliphatic carbocycles. The van der Waals surface area contributed by atoms with E-state index in [4.69, 9.17) is 9.52 Å². The molecule has 0 saturated heterocycles. The Bertz CT molecular complexity index is 563. The van der Waals surface area contributed by atoms with E-state index >= 15 is 0 Å². The van der Waals surface area contributed by atoms with Gasteiger partial charge in [0.1, 0.15) is 11.6 Å². The van der Waals surface area contributed by atoms with Gasteiger partial charge < -0.3 is 9.52 Å². The maximum Gasteiger partial charge on any atom is 0.180 e. The van der Waals surface area contributed by atoms with E-state index in [1.165, 1.54) is 24.7 Å². The molecule has 0 spiro atoms. The van der Waals surface area contributed by atoms with E-state index in [2.05, 4.69) is 11.1 Å². The van der Waals surface area contributed by atoms with Gasteiger partial charge in [0.2, 0.25) is 0 Å². The van der Waals surface area contributed by atoms with Crippen molar-refractivity contribution in [1.82, 2.24) is 4.98 Å². The molecule has 0 bridgehead atoms. The van der Waals surface area contributed by atoms with Crippen molar-refractivity contribution in [3.8, 4) is 6.07 Å². The number of hydrogen-bond donors (Lipinski definition) is 1. The molecule has 0 aliphatic rings. The van der Waals surface area contributed by atoms with Crippen LogP contribution >= 0.6 is 0 Å². The summed E-state index contributed by atoms with van der Waals surface area (Å²) in [6, 6.07) is 8.06. The summed E-state index contributed by atoms with van der Waals surface area (Å²) in [6.45, 7) is -0.0845. The average molecular weight is 260 g/mol. The number of halogens is 1. The van der Waals surface area contributed by atoms with Crippen LogP contribution in [0.25, 0.3) is 0 Å². The van der Waals surface area contributed by atoms with Crippen molar-refractivity contribution in [3.05, 3.63) is 54.0 Å². The van der Waals surface area contributed by atoms with Crippen LogP contribution in [0.15, 0.2) is 41.3 Å². The van der Waals surface area contributed by atoms with Gasteiger partial charge in [-0.15, -0.1) is 0 Å². The maximum absolute atomic E-state index is 13.3. The number of nitriles is 1. The molecule has 2 atom stereocenters. The number of aromatic nitrogens is 1. The van der Waals surface area contributed by atoms with Crippen molar-refractivity contribution < 1.29 is 13.9 Å². The number of rotatable bonds is 5. The van der Waals surface area contributed by atoms with E-state index in [9.17, 15) is 9.65 Å². The van der Waals surface area contributed by atoms with E-state index in [0.29, 0.717) is 17.7 Å². The lowest BCUT2D eigenvalue weighted by atomic mass is 9.83. The average Bonchev–Trinajstić information content (AvgIpc) is 2.92. The second-order valence-electron chi connectivity index (χ2n) is 4.18. The lowest BCUT2D eigenvalue weighted by Crippen LogP contribution is -2.11. The number of aliphatic hydroxyl groups excluding tert-OH is 1.